The highest BCUT2D eigenvalue weighted by atomic mass is 16.8. The Labute approximate surface area is 140 Å². The fraction of sp³-hybridized carbons (Fsp3) is 0.562. The molecule has 1 unspecified atom stereocenters. The largest absolute Gasteiger partial charge is 0.496 e. The van der Waals surface area contributed by atoms with E-state index in [2.05, 4.69) is 5.48 Å². The van der Waals surface area contributed by atoms with E-state index in [-0.39, 0.29) is 6.29 Å². The Morgan fingerprint density at radius 2 is 2.00 bits per heavy atom. The smallest absolute Gasteiger partial charge is 0.341 e. The van der Waals surface area contributed by atoms with Crippen molar-refractivity contribution in [2.75, 3.05) is 27.4 Å². The summed E-state index contributed by atoms with van der Waals surface area (Å²) in [6.45, 7) is 0.603. The summed E-state index contributed by atoms with van der Waals surface area (Å²) in [6.07, 6.45) is 2.73. The molecule has 0 saturated carbocycles. The summed E-state index contributed by atoms with van der Waals surface area (Å²) in [6, 6.07) is 3.22. The first-order valence-electron chi connectivity index (χ1n) is 7.73. The lowest BCUT2D eigenvalue weighted by Crippen LogP contribution is -2.29. The molecular formula is C16H23NO7. The van der Waals surface area contributed by atoms with Crippen LogP contribution in [0.25, 0.3) is 0 Å². The molecule has 0 bridgehead atoms. The first-order valence-corrected chi connectivity index (χ1v) is 7.73. The highest BCUT2D eigenvalue weighted by molar-refractivity contribution is 5.68. The van der Waals surface area contributed by atoms with Crippen molar-refractivity contribution in [2.45, 2.75) is 32.1 Å². The second-order valence-corrected chi connectivity index (χ2v) is 5.22. The Morgan fingerprint density at radius 1 is 1.29 bits per heavy atom. The van der Waals surface area contributed by atoms with Crippen LogP contribution in [0.1, 0.15) is 24.8 Å². The maximum atomic E-state index is 10.6. The van der Waals surface area contributed by atoms with Crippen LogP contribution in [-0.4, -0.2) is 44.8 Å². The van der Waals surface area contributed by atoms with Gasteiger partial charge in [0.05, 0.1) is 26.3 Å². The van der Waals surface area contributed by atoms with Crippen LogP contribution in [0.4, 0.5) is 0 Å². The van der Waals surface area contributed by atoms with Gasteiger partial charge in [-0.15, -0.1) is 0 Å². The van der Waals surface area contributed by atoms with Gasteiger partial charge in [0.1, 0.15) is 17.2 Å². The summed E-state index contributed by atoms with van der Waals surface area (Å²) in [5.74, 6) is 0.316. The van der Waals surface area contributed by atoms with Gasteiger partial charge in [-0.3, -0.25) is 4.84 Å². The Hall–Kier alpha value is -2.03. The van der Waals surface area contributed by atoms with Gasteiger partial charge < -0.3 is 24.1 Å². The zero-order valence-electron chi connectivity index (χ0n) is 13.9. The van der Waals surface area contributed by atoms with Gasteiger partial charge in [-0.1, -0.05) is 0 Å². The van der Waals surface area contributed by atoms with Crippen molar-refractivity contribution in [1.82, 2.24) is 5.48 Å². The zero-order valence-corrected chi connectivity index (χ0v) is 13.9. The average molecular weight is 341 g/mol. The van der Waals surface area contributed by atoms with Gasteiger partial charge in [-0.05, 0) is 12.8 Å². The standard InChI is InChI=1S/C16H23NO7/c1-20-13-7-11(23-10-15(18)19)8-14(21-2)12(13)9-17-24-16-5-3-4-6-22-16/h7-8,16-17H,3-6,9-10H2,1-2H3,(H,18,19). The van der Waals surface area contributed by atoms with E-state index in [9.17, 15) is 4.79 Å². The number of hydrogen-bond acceptors (Lipinski definition) is 7. The predicted molar refractivity (Wildman–Crippen MR) is 84.2 cm³/mol. The third kappa shape index (κ3) is 5.26. The molecule has 0 spiro atoms. The Morgan fingerprint density at radius 3 is 2.54 bits per heavy atom. The summed E-state index contributed by atoms with van der Waals surface area (Å²) in [5, 5.41) is 8.70. The van der Waals surface area contributed by atoms with E-state index in [1.807, 2.05) is 0 Å². The average Bonchev–Trinajstić information content (AvgIpc) is 2.61. The number of methoxy groups -OCH3 is 2. The summed E-state index contributed by atoms with van der Waals surface area (Å²) in [5.41, 5.74) is 3.61. The molecule has 1 heterocycles. The molecule has 2 rings (SSSR count). The van der Waals surface area contributed by atoms with Crippen molar-refractivity contribution < 1.29 is 33.7 Å². The molecular weight excluding hydrogens is 318 g/mol. The Kier molecular flexibility index (Phi) is 7.10. The maximum absolute atomic E-state index is 10.6. The highest BCUT2D eigenvalue weighted by Gasteiger charge is 2.17. The number of hydroxylamine groups is 1. The molecule has 134 valence electrons. The van der Waals surface area contributed by atoms with Crippen molar-refractivity contribution >= 4 is 5.97 Å². The van der Waals surface area contributed by atoms with Gasteiger partial charge in [0.15, 0.2) is 12.9 Å². The summed E-state index contributed by atoms with van der Waals surface area (Å²) < 4.78 is 21.3. The Bertz CT molecular complexity index is 518. The first-order chi connectivity index (χ1) is 11.6. The Balaban J connectivity index is 2.02. The SMILES string of the molecule is COc1cc(OCC(=O)O)cc(OC)c1CNOC1CCCCO1. The zero-order chi connectivity index (χ0) is 17.4. The van der Waals surface area contributed by atoms with Gasteiger partial charge >= 0.3 is 5.97 Å². The molecule has 0 aromatic heterocycles. The molecule has 8 nitrogen and oxygen atoms in total. The van der Waals surface area contributed by atoms with Gasteiger partial charge in [0, 0.05) is 25.2 Å². The van der Waals surface area contributed by atoms with E-state index >= 15 is 0 Å². The number of carboxylic acid groups (broad SMARTS) is 1. The van der Waals surface area contributed by atoms with Crippen LogP contribution in [-0.2, 0) is 20.9 Å². The fourth-order valence-corrected chi connectivity index (χ4v) is 2.37. The van der Waals surface area contributed by atoms with Crippen LogP contribution in [0, 0.1) is 0 Å². The number of nitrogens with one attached hydrogen (secondary N) is 1. The van der Waals surface area contributed by atoms with Crippen LogP contribution in [0.5, 0.6) is 17.2 Å². The number of carboxylic acids is 1. The van der Waals surface area contributed by atoms with Gasteiger partial charge in [0.25, 0.3) is 0 Å². The molecule has 24 heavy (non-hydrogen) atoms. The van der Waals surface area contributed by atoms with Crippen LogP contribution in [0.2, 0.25) is 0 Å². The second-order valence-electron chi connectivity index (χ2n) is 5.22. The number of rotatable bonds is 9. The minimum atomic E-state index is -1.06. The van der Waals surface area contributed by atoms with E-state index in [1.165, 1.54) is 14.2 Å². The third-order valence-electron chi connectivity index (χ3n) is 3.55. The predicted octanol–water partition coefficient (Wildman–Crippen LogP) is 1.71. The van der Waals surface area contributed by atoms with E-state index in [1.54, 1.807) is 12.1 Å². The summed E-state index contributed by atoms with van der Waals surface area (Å²) >= 11 is 0. The second kappa shape index (κ2) is 9.31. The van der Waals surface area contributed by atoms with Gasteiger partial charge in [-0.25, -0.2) is 4.79 Å². The molecule has 0 radical (unpaired) electrons. The third-order valence-corrected chi connectivity index (χ3v) is 3.55. The van der Waals surface area contributed by atoms with Crippen LogP contribution < -0.4 is 19.7 Å². The summed E-state index contributed by atoms with van der Waals surface area (Å²) in [7, 11) is 3.04. The number of carbonyl (C=O) groups is 1. The molecule has 1 aliphatic heterocycles. The molecule has 1 atom stereocenters. The lowest BCUT2D eigenvalue weighted by atomic mass is 10.1. The monoisotopic (exact) mass is 341 g/mol. The van der Waals surface area contributed by atoms with Crippen LogP contribution in [0.3, 0.4) is 0 Å². The minimum Gasteiger partial charge on any atom is -0.496 e. The first kappa shape index (κ1) is 18.3. The number of aliphatic carboxylic acids is 1. The molecule has 0 aliphatic carbocycles. The lowest BCUT2D eigenvalue weighted by Gasteiger charge is -2.23. The van der Waals surface area contributed by atoms with E-state index in [0.29, 0.717) is 30.4 Å². The van der Waals surface area contributed by atoms with Crippen molar-refractivity contribution in [1.29, 1.82) is 0 Å². The molecule has 1 aromatic carbocycles. The molecule has 1 saturated heterocycles. The topological polar surface area (TPSA) is 95.5 Å². The molecule has 1 aliphatic rings. The van der Waals surface area contributed by atoms with Crippen LogP contribution in [0.15, 0.2) is 12.1 Å². The van der Waals surface area contributed by atoms with Crippen molar-refractivity contribution in [3.05, 3.63) is 17.7 Å². The van der Waals surface area contributed by atoms with E-state index in [4.69, 9.17) is 28.9 Å². The molecule has 8 heteroatoms. The maximum Gasteiger partial charge on any atom is 0.341 e. The van der Waals surface area contributed by atoms with Crippen LogP contribution >= 0.6 is 0 Å². The quantitative estimate of drug-likeness (QED) is 0.656. The van der Waals surface area contributed by atoms with Crippen molar-refractivity contribution in [3.63, 3.8) is 0 Å². The van der Waals surface area contributed by atoms with E-state index in [0.717, 1.165) is 24.8 Å². The normalized spacial score (nSPS) is 17.3. The van der Waals surface area contributed by atoms with E-state index < -0.39 is 12.6 Å². The molecule has 0 amide bonds. The summed E-state index contributed by atoms with van der Waals surface area (Å²) in [4.78, 5) is 16.1. The molecule has 1 fully saturated rings. The molecule has 1 aromatic rings. The number of hydrogen-bond donors (Lipinski definition) is 2. The van der Waals surface area contributed by atoms with Gasteiger partial charge in [0.2, 0.25) is 0 Å². The number of ether oxygens (including phenoxy) is 4. The van der Waals surface area contributed by atoms with Crippen molar-refractivity contribution in [3.8, 4) is 17.2 Å². The molecule has 2 N–H and O–H groups in total. The fourth-order valence-electron chi connectivity index (χ4n) is 2.37. The van der Waals surface area contributed by atoms with Crippen molar-refractivity contribution in [2.24, 2.45) is 0 Å². The highest BCUT2D eigenvalue weighted by Crippen LogP contribution is 2.34. The minimum absolute atomic E-state index is 0.256. The van der Waals surface area contributed by atoms with Gasteiger partial charge in [-0.2, -0.15) is 5.48 Å². The lowest BCUT2D eigenvalue weighted by molar-refractivity contribution is -0.198. The number of benzene rings is 1.